The van der Waals surface area contributed by atoms with Gasteiger partial charge in [-0.25, -0.2) is 0 Å². The molecule has 3 fully saturated rings. The minimum Gasteiger partial charge on any atom is -0.496 e. The Balaban J connectivity index is 1.43. The summed E-state index contributed by atoms with van der Waals surface area (Å²) in [6.07, 6.45) is 6.00. The number of aromatic amines is 1. The molecule has 2 saturated carbocycles. The van der Waals surface area contributed by atoms with Crippen molar-refractivity contribution >= 4 is 34.4 Å². The summed E-state index contributed by atoms with van der Waals surface area (Å²) in [6.45, 7) is 14.0. The van der Waals surface area contributed by atoms with Crippen molar-refractivity contribution in [3.8, 4) is 5.75 Å². The fraction of sp³-hybridized carbons (Fsp3) is 0.588. The maximum Gasteiger partial charge on any atom is 0.268 e. The first-order chi connectivity index (χ1) is 20.3. The molecule has 1 aromatic heterocycles. The number of hydrogen-bond donors (Lipinski definition) is 3. The molecule has 1 unspecified atom stereocenters. The molecule has 9 nitrogen and oxygen atoms in total. The fourth-order valence-corrected chi connectivity index (χ4v) is 7.55. The number of aromatic nitrogens is 1. The number of ketones is 1. The SMILES string of the molecule is C=CC(=O)[C@@H](NC(=O)[C@@H]1[C@@H]2[C@H](CN1C(=O)C(NC(=O)c1cc3c(OC)cccc3[nH]1)C1CCCCC1)C2(C)C)C(C)(C)C. The Morgan fingerprint density at radius 2 is 1.81 bits per heavy atom. The number of hydrogen-bond acceptors (Lipinski definition) is 5. The lowest BCUT2D eigenvalue weighted by Gasteiger charge is -2.38. The van der Waals surface area contributed by atoms with E-state index in [2.05, 4.69) is 36.0 Å². The largest absolute Gasteiger partial charge is 0.496 e. The van der Waals surface area contributed by atoms with Crippen LogP contribution in [0.1, 0.15) is 77.2 Å². The van der Waals surface area contributed by atoms with E-state index in [4.69, 9.17) is 4.74 Å². The Kier molecular flexibility index (Phi) is 8.22. The molecule has 3 N–H and O–H groups in total. The molecule has 232 valence electrons. The van der Waals surface area contributed by atoms with E-state index < -0.39 is 23.5 Å². The maximum atomic E-state index is 14.5. The van der Waals surface area contributed by atoms with Gasteiger partial charge in [-0.1, -0.05) is 66.5 Å². The van der Waals surface area contributed by atoms with Crippen LogP contribution >= 0.6 is 0 Å². The highest BCUT2D eigenvalue weighted by molar-refractivity contribution is 6.02. The molecule has 2 heterocycles. The molecule has 0 radical (unpaired) electrons. The van der Waals surface area contributed by atoms with Crippen LogP contribution < -0.4 is 15.4 Å². The minimum atomic E-state index is -0.761. The average Bonchev–Trinajstić information content (AvgIpc) is 3.35. The van der Waals surface area contributed by atoms with Gasteiger partial charge < -0.3 is 25.3 Å². The van der Waals surface area contributed by atoms with Crippen molar-refractivity contribution in [2.75, 3.05) is 13.7 Å². The monoisotopic (exact) mass is 590 g/mol. The molecule has 2 aromatic rings. The van der Waals surface area contributed by atoms with Gasteiger partial charge in [-0.05, 0) is 65.7 Å². The second-order valence-corrected chi connectivity index (χ2v) is 14.3. The summed E-state index contributed by atoms with van der Waals surface area (Å²) in [6, 6.07) is 5.08. The Labute approximate surface area is 254 Å². The zero-order chi connectivity index (χ0) is 31.3. The summed E-state index contributed by atoms with van der Waals surface area (Å²) >= 11 is 0. The van der Waals surface area contributed by atoms with Gasteiger partial charge in [0.25, 0.3) is 5.91 Å². The molecule has 5 rings (SSSR count). The molecule has 1 aromatic carbocycles. The first-order valence-corrected chi connectivity index (χ1v) is 15.5. The summed E-state index contributed by atoms with van der Waals surface area (Å²) in [5.41, 5.74) is 0.494. The number of amides is 3. The van der Waals surface area contributed by atoms with Crippen molar-refractivity contribution < 1.29 is 23.9 Å². The number of rotatable bonds is 9. The van der Waals surface area contributed by atoms with Gasteiger partial charge in [0.15, 0.2) is 5.78 Å². The number of carbonyl (C=O) groups is 4. The molecule has 3 amide bonds. The lowest BCUT2D eigenvalue weighted by atomic mass is 9.82. The standard InChI is InChI=1S/C34H46N4O5/c1-8-24(39)29(33(2,3)4)37-31(41)28-26-21(34(26,5)6)18-38(28)32(42)27(19-13-10-9-11-14-19)36-30(40)23-17-20-22(35-23)15-12-16-25(20)43-7/h8,12,15-17,19,21,26-29,35H,1,9-11,13-14,18H2,2-7H3,(H,36,40)(H,37,41)/t21-,26-,27?,28-,29+/m0/s1. The van der Waals surface area contributed by atoms with Gasteiger partial charge in [0, 0.05) is 17.4 Å². The molecule has 9 heteroatoms. The van der Waals surface area contributed by atoms with E-state index in [0.717, 1.165) is 43.0 Å². The van der Waals surface area contributed by atoms with Crippen LogP contribution in [0.5, 0.6) is 5.75 Å². The zero-order valence-corrected chi connectivity index (χ0v) is 26.3. The van der Waals surface area contributed by atoms with E-state index in [1.54, 1.807) is 18.1 Å². The van der Waals surface area contributed by atoms with Crippen LogP contribution in [-0.2, 0) is 14.4 Å². The van der Waals surface area contributed by atoms with Crippen molar-refractivity contribution in [3.05, 3.63) is 42.6 Å². The highest BCUT2D eigenvalue weighted by Gasteiger charge is 2.69. The van der Waals surface area contributed by atoms with Gasteiger partial charge in [-0.3, -0.25) is 19.2 Å². The van der Waals surface area contributed by atoms with Gasteiger partial charge in [0.1, 0.15) is 23.5 Å². The first-order valence-electron chi connectivity index (χ1n) is 15.5. The van der Waals surface area contributed by atoms with Crippen LogP contribution in [0, 0.1) is 28.6 Å². The van der Waals surface area contributed by atoms with E-state index in [9.17, 15) is 19.2 Å². The molecule has 1 aliphatic heterocycles. The van der Waals surface area contributed by atoms with E-state index in [1.165, 1.54) is 6.08 Å². The molecular formula is C34H46N4O5. The van der Waals surface area contributed by atoms with Crippen molar-refractivity contribution in [2.45, 2.75) is 84.8 Å². The third kappa shape index (κ3) is 5.70. The number of H-pyrrole nitrogens is 1. The summed E-state index contributed by atoms with van der Waals surface area (Å²) in [7, 11) is 1.59. The normalized spacial score (nSPS) is 24.5. The molecule has 3 aliphatic rings. The summed E-state index contributed by atoms with van der Waals surface area (Å²) < 4.78 is 5.46. The predicted molar refractivity (Wildman–Crippen MR) is 166 cm³/mol. The number of piperidine rings is 1. The average molecular weight is 591 g/mol. The maximum absolute atomic E-state index is 14.5. The second kappa shape index (κ2) is 11.5. The Bertz CT molecular complexity index is 1430. The number of carbonyl (C=O) groups excluding carboxylic acids is 4. The van der Waals surface area contributed by atoms with E-state index in [1.807, 2.05) is 39.0 Å². The van der Waals surface area contributed by atoms with E-state index in [-0.39, 0.29) is 46.7 Å². The Hall–Kier alpha value is -3.62. The van der Waals surface area contributed by atoms with Crippen LogP contribution in [0.2, 0.25) is 0 Å². The Morgan fingerprint density at radius 3 is 2.44 bits per heavy atom. The first kappa shape index (κ1) is 30.8. The Morgan fingerprint density at radius 1 is 1.12 bits per heavy atom. The second-order valence-electron chi connectivity index (χ2n) is 14.3. The van der Waals surface area contributed by atoms with Crippen molar-refractivity contribution in [2.24, 2.45) is 28.6 Å². The van der Waals surface area contributed by atoms with Crippen LogP contribution in [0.4, 0.5) is 0 Å². The molecular weight excluding hydrogens is 544 g/mol. The third-order valence-corrected chi connectivity index (χ3v) is 10.2. The number of ether oxygens (including phenoxy) is 1. The molecule has 2 aliphatic carbocycles. The summed E-state index contributed by atoms with van der Waals surface area (Å²) in [4.78, 5) is 59.7. The van der Waals surface area contributed by atoms with Crippen LogP contribution in [0.25, 0.3) is 10.9 Å². The van der Waals surface area contributed by atoms with Crippen molar-refractivity contribution in [3.63, 3.8) is 0 Å². The molecule has 43 heavy (non-hydrogen) atoms. The summed E-state index contributed by atoms with van der Waals surface area (Å²) in [5.74, 6) is -0.370. The minimum absolute atomic E-state index is 0.0141. The van der Waals surface area contributed by atoms with Gasteiger partial charge >= 0.3 is 0 Å². The third-order valence-electron chi connectivity index (χ3n) is 10.2. The van der Waals surface area contributed by atoms with Gasteiger partial charge in [0.05, 0.1) is 13.2 Å². The number of likely N-dealkylation sites (tertiary alicyclic amines) is 1. The lowest BCUT2D eigenvalue weighted by Crippen LogP contribution is -2.60. The highest BCUT2D eigenvalue weighted by Crippen LogP contribution is 2.65. The van der Waals surface area contributed by atoms with Crippen LogP contribution in [-0.4, -0.2) is 65.2 Å². The molecule has 0 spiro atoms. The smallest absolute Gasteiger partial charge is 0.268 e. The molecule has 1 saturated heterocycles. The lowest BCUT2D eigenvalue weighted by molar-refractivity contribution is -0.144. The number of methoxy groups -OCH3 is 1. The van der Waals surface area contributed by atoms with Crippen molar-refractivity contribution in [1.82, 2.24) is 20.5 Å². The molecule has 5 atom stereocenters. The fourth-order valence-electron chi connectivity index (χ4n) is 7.55. The van der Waals surface area contributed by atoms with Crippen LogP contribution in [0.15, 0.2) is 36.9 Å². The van der Waals surface area contributed by atoms with Crippen molar-refractivity contribution in [1.29, 1.82) is 0 Å². The van der Waals surface area contributed by atoms with E-state index in [0.29, 0.717) is 18.0 Å². The van der Waals surface area contributed by atoms with Gasteiger partial charge in [-0.2, -0.15) is 0 Å². The predicted octanol–water partition coefficient (Wildman–Crippen LogP) is 4.62. The topological polar surface area (TPSA) is 121 Å². The number of nitrogens with one attached hydrogen (secondary N) is 3. The van der Waals surface area contributed by atoms with Gasteiger partial charge in [-0.15, -0.1) is 0 Å². The van der Waals surface area contributed by atoms with Crippen LogP contribution in [0.3, 0.4) is 0 Å². The van der Waals surface area contributed by atoms with Gasteiger partial charge in [0.2, 0.25) is 11.8 Å². The molecule has 0 bridgehead atoms. The number of nitrogens with zero attached hydrogens (tertiary/aromatic N) is 1. The summed E-state index contributed by atoms with van der Waals surface area (Å²) in [5, 5.41) is 6.85. The zero-order valence-electron chi connectivity index (χ0n) is 26.3. The van der Waals surface area contributed by atoms with E-state index >= 15 is 0 Å². The highest BCUT2D eigenvalue weighted by atomic mass is 16.5. The number of benzene rings is 1. The number of fused-ring (bicyclic) bond motifs is 2. The quantitative estimate of drug-likeness (QED) is 0.368.